The number of aromatic nitrogens is 2. The molecule has 1 atom stereocenters. The molecule has 2 heterocycles. The molecule has 0 amide bonds. The Morgan fingerprint density at radius 3 is 2.52 bits per heavy atom. The van der Waals surface area contributed by atoms with Crippen molar-refractivity contribution in [3.05, 3.63) is 45.4 Å². The molecule has 5 heteroatoms. The van der Waals surface area contributed by atoms with E-state index in [1.165, 1.54) is 0 Å². The third-order valence-electron chi connectivity index (χ3n) is 3.69. The number of fused-ring (bicyclic) bond motifs is 1. The summed E-state index contributed by atoms with van der Waals surface area (Å²) >= 11 is 3.31. The molecule has 1 aromatic carbocycles. The summed E-state index contributed by atoms with van der Waals surface area (Å²) in [6.45, 7) is 10.5. The molecular weight excluding hydrogens is 324 g/mol. The molecule has 0 unspecified atom stereocenters. The van der Waals surface area contributed by atoms with Crippen LogP contribution in [0.5, 0.6) is 0 Å². The van der Waals surface area contributed by atoms with E-state index in [1.54, 1.807) is 28.1 Å². The van der Waals surface area contributed by atoms with Gasteiger partial charge in [-0.15, -0.1) is 11.8 Å². The molecule has 3 rings (SSSR count). The zero-order valence-electron chi connectivity index (χ0n) is 14.2. The molecule has 1 aliphatic heterocycles. The summed E-state index contributed by atoms with van der Waals surface area (Å²) in [6.07, 6.45) is 0.884. The first-order chi connectivity index (χ1) is 10.8. The fourth-order valence-electron chi connectivity index (χ4n) is 2.90. The number of aryl methyl sites for hydroxylation is 2. The van der Waals surface area contributed by atoms with E-state index in [-0.39, 0.29) is 5.56 Å². The van der Waals surface area contributed by atoms with Crippen LogP contribution in [0.3, 0.4) is 0 Å². The lowest BCUT2D eigenvalue weighted by Crippen LogP contribution is -2.24. The first-order valence-electron chi connectivity index (χ1n) is 7.93. The first-order valence-corrected chi connectivity index (χ1v) is 9.69. The van der Waals surface area contributed by atoms with Crippen LogP contribution in [0.1, 0.15) is 37.6 Å². The lowest BCUT2D eigenvalue weighted by Gasteiger charge is -2.16. The number of nitrogens with zero attached hydrogens (tertiary/aromatic N) is 2. The van der Waals surface area contributed by atoms with Gasteiger partial charge in [-0.1, -0.05) is 38.6 Å². The predicted molar refractivity (Wildman–Crippen MR) is 99.3 cm³/mol. The highest BCUT2D eigenvalue weighted by molar-refractivity contribution is 8.00. The van der Waals surface area contributed by atoms with Crippen LogP contribution in [-0.2, 0) is 6.42 Å². The second-order valence-electron chi connectivity index (χ2n) is 6.46. The number of rotatable bonds is 3. The molecule has 3 nitrogen and oxygen atoms in total. The van der Waals surface area contributed by atoms with Crippen molar-refractivity contribution in [2.45, 2.75) is 61.6 Å². The molecule has 0 N–H and O–H groups in total. The Labute approximate surface area is 145 Å². The highest BCUT2D eigenvalue weighted by Gasteiger charge is 2.27. The van der Waals surface area contributed by atoms with Gasteiger partial charge in [-0.3, -0.25) is 9.36 Å². The number of benzene rings is 1. The molecule has 0 aliphatic carbocycles. The Kier molecular flexibility index (Phi) is 4.61. The second kappa shape index (κ2) is 6.36. The normalized spacial score (nSPS) is 16.9. The van der Waals surface area contributed by atoms with E-state index in [0.717, 1.165) is 39.0 Å². The van der Waals surface area contributed by atoms with Crippen LogP contribution in [0, 0.1) is 13.8 Å². The van der Waals surface area contributed by atoms with Crippen molar-refractivity contribution in [1.29, 1.82) is 0 Å². The Bertz CT molecular complexity index is 791. The zero-order valence-corrected chi connectivity index (χ0v) is 15.8. The smallest absolute Gasteiger partial charge is 0.268 e. The summed E-state index contributed by atoms with van der Waals surface area (Å²) in [4.78, 5) is 18.8. The lowest BCUT2D eigenvalue weighted by atomic mass is 10.1. The van der Waals surface area contributed by atoms with E-state index in [4.69, 9.17) is 4.98 Å². The van der Waals surface area contributed by atoms with Gasteiger partial charge in [-0.25, -0.2) is 4.98 Å². The molecule has 1 aliphatic rings. The Morgan fingerprint density at radius 2 is 1.91 bits per heavy atom. The Hall–Kier alpha value is -1.20. The molecule has 0 saturated carbocycles. The Morgan fingerprint density at radius 1 is 1.26 bits per heavy atom. The molecule has 23 heavy (non-hydrogen) atoms. The van der Waals surface area contributed by atoms with Crippen molar-refractivity contribution in [3.63, 3.8) is 0 Å². The fourth-order valence-corrected chi connectivity index (χ4v) is 4.88. The van der Waals surface area contributed by atoms with Crippen LogP contribution in [-0.4, -0.2) is 20.1 Å². The molecule has 0 fully saturated rings. The molecule has 0 bridgehead atoms. The fraction of sp³-hybridized carbons (Fsp3) is 0.444. The molecule has 0 spiro atoms. The van der Waals surface area contributed by atoms with Crippen LogP contribution in [0.15, 0.2) is 33.0 Å². The average Bonchev–Trinajstić information content (AvgIpc) is 2.78. The van der Waals surface area contributed by atoms with E-state index >= 15 is 0 Å². The van der Waals surface area contributed by atoms with E-state index < -0.39 is 0 Å². The third kappa shape index (κ3) is 3.36. The third-order valence-corrected chi connectivity index (χ3v) is 5.86. The van der Waals surface area contributed by atoms with Gasteiger partial charge in [-0.2, -0.15) is 0 Å². The van der Waals surface area contributed by atoms with E-state index in [0.29, 0.717) is 10.5 Å². The first kappa shape index (κ1) is 16.7. The van der Waals surface area contributed by atoms with Crippen molar-refractivity contribution >= 4 is 23.5 Å². The summed E-state index contributed by atoms with van der Waals surface area (Å²) in [6, 6.07) is 6.26. The lowest BCUT2D eigenvalue weighted by molar-refractivity contribution is 0.728. The van der Waals surface area contributed by atoms with Crippen LogP contribution in [0.25, 0.3) is 5.69 Å². The highest BCUT2D eigenvalue weighted by atomic mass is 32.2. The molecule has 1 aromatic heterocycles. The average molecular weight is 347 g/mol. The molecular formula is C18H22N2OS2. The van der Waals surface area contributed by atoms with Gasteiger partial charge >= 0.3 is 0 Å². The highest BCUT2D eigenvalue weighted by Crippen LogP contribution is 2.35. The largest absolute Gasteiger partial charge is 0.272 e. The van der Waals surface area contributed by atoms with E-state index in [1.807, 2.05) is 0 Å². The summed E-state index contributed by atoms with van der Waals surface area (Å²) in [5.41, 5.74) is 4.29. The number of hydrogen-bond donors (Lipinski definition) is 0. The monoisotopic (exact) mass is 346 g/mol. The summed E-state index contributed by atoms with van der Waals surface area (Å²) in [7, 11) is 0. The van der Waals surface area contributed by atoms with Gasteiger partial charge < -0.3 is 0 Å². The molecule has 122 valence electrons. The number of hydrogen-bond acceptors (Lipinski definition) is 4. The molecule has 0 saturated heterocycles. The molecule has 2 aromatic rings. The van der Waals surface area contributed by atoms with E-state index in [9.17, 15) is 4.79 Å². The summed E-state index contributed by atoms with van der Waals surface area (Å²) < 4.78 is 1.80. The minimum Gasteiger partial charge on any atom is -0.268 e. The minimum absolute atomic E-state index is 0.0810. The SMILES string of the molecule is Cc1cc(C)cc(-n2c(SC(C)C)nc3c(c2=O)S[C@H](C)C3)c1. The van der Waals surface area contributed by atoms with Crippen LogP contribution in [0.2, 0.25) is 0 Å². The zero-order chi connectivity index (χ0) is 16.7. The van der Waals surface area contributed by atoms with Gasteiger partial charge in [-0.05, 0) is 37.1 Å². The summed E-state index contributed by atoms with van der Waals surface area (Å²) in [5, 5.41) is 1.62. The van der Waals surface area contributed by atoms with E-state index in [2.05, 4.69) is 52.8 Å². The van der Waals surface area contributed by atoms with Crippen LogP contribution < -0.4 is 5.56 Å². The summed E-state index contributed by atoms with van der Waals surface area (Å²) in [5.74, 6) is 0. The maximum absolute atomic E-state index is 13.1. The minimum atomic E-state index is 0.0810. The van der Waals surface area contributed by atoms with Crippen molar-refractivity contribution in [3.8, 4) is 5.69 Å². The second-order valence-corrected chi connectivity index (χ2v) is 9.45. The van der Waals surface area contributed by atoms with Crippen molar-refractivity contribution in [1.82, 2.24) is 9.55 Å². The van der Waals surface area contributed by atoms with Gasteiger partial charge in [0.05, 0.1) is 16.3 Å². The Balaban J connectivity index is 2.25. The van der Waals surface area contributed by atoms with Gasteiger partial charge in [0.2, 0.25) is 0 Å². The van der Waals surface area contributed by atoms with Gasteiger partial charge in [0.1, 0.15) is 0 Å². The van der Waals surface area contributed by atoms with Crippen molar-refractivity contribution in [2.75, 3.05) is 0 Å². The van der Waals surface area contributed by atoms with Crippen LogP contribution >= 0.6 is 23.5 Å². The van der Waals surface area contributed by atoms with Gasteiger partial charge in [0.15, 0.2) is 5.16 Å². The topological polar surface area (TPSA) is 34.9 Å². The van der Waals surface area contributed by atoms with Crippen LogP contribution in [0.4, 0.5) is 0 Å². The van der Waals surface area contributed by atoms with Crippen molar-refractivity contribution in [2.24, 2.45) is 0 Å². The molecule has 0 radical (unpaired) electrons. The number of thioether (sulfide) groups is 2. The maximum Gasteiger partial charge on any atom is 0.272 e. The van der Waals surface area contributed by atoms with Crippen molar-refractivity contribution < 1.29 is 0 Å². The maximum atomic E-state index is 13.1. The standard InChI is InChI=1S/C18H22N2OS2/c1-10(2)22-18-19-15-9-13(5)23-16(15)17(21)20(18)14-7-11(3)6-12(4)8-14/h6-8,10,13H,9H2,1-5H3/t13-/m1/s1. The predicted octanol–water partition coefficient (Wildman–Crippen LogP) is 4.39. The quantitative estimate of drug-likeness (QED) is 0.610. The van der Waals surface area contributed by atoms with Gasteiger partial charge in [0, 0.05) is 16.9 Å². The van der Waals surface area contributed by atoms with Gasteiger partial charge in [0.25, 0.3) is 5.56 Å².